The van der Waals surface area contributed by atoms with Gasteiger partial charge >= 0.3 is 0 Å². The molecule has 1 N–H and O–H groups in total. The quantitative estimate of drug-likeness (QED) is 0.766. The number of carbonyl (C=O) groups is 1. The Morgan fingerprint density at radius 2 is 2.53 bits per heavy atom. The van der Waals surface area contributed by atoms with Gasteiger partial charge in [0.2, 0.25) is 5.91 Å². The average Bonchev–Trinajstić information content (AvgIpc) is 2.88. The molecule has 0 radical (unpaired) electrons. The van der Waals surface area contributed by atoms with Gasteiger partial charge in [-0.2, -0.15) is 11.8 Å². The van der Waals surface area contributed by atoms with Gasteiger partial charge in [-0.25, -0.2) is 0 Å². The molecule has 0 aromatic heterocycles. The summed E-state index contributed by atoms with van der Waals surface area (Å²) >= 11 is 7.77. The third-order valence-corrected chi connectivity index (χ3v) is 4.72. The van der Waals surface area contributed by atoms with Gasteiger partial charge in [0, 0.05) is 24.2 Å². The number of carbonyl (C=O) groups excluding carboxylic acids is 1. The monoisotopic (exact) mass is 249 g/mol. The molecular formula is C10H16ClNO2S. The fourth-order valence-corrected chi connectivity index (χ4v) is 3.45. The molecule has 2 atom stereocenters. The van der Waals surface area contributed by atoms with Crippen molar-refractivity contribution in [2.45, 2.75) is 18.4 Å². The number of halogens is 1. The average molecular weight is 250 g/mol. The van der Waals surface area contributed by atoms with E-state index in [2.05, 4.69) is 5.32 Å². The summed E-state index contributed by atoms with van der Waals surface area (Å²) in [6, 6.07) is 0. The number of thioether (sulfide) groups is 1. The van der Waals surface area contributed by atoms with Crippen LogP contribution in [0.25, 0.3) is 0 Å². The highest BCUT2D eigenvalue weighted by Gasteiger charge is 2.37. The minimum absolute atomic E-state index is 0.158. The molecule has 2 rings (SSSR count). The zero-order chi connectivity index (χ0) is 10.7. The van der Waals surface area contributed by atoms with Crippen molar-refractivity contribution in [3.05, 3.63) is 0 Å². The second kappa shape index (κ2) is 4.93. The predicted molar refractivity (Wildman–Crippen MR) is 62.5 cm³/mol. The lowest BCUT2D eigenvalue weighted by Crippen LogP contribution is -2.52. The van der Waals surface area contributed by atoms with Crippen molar-refractivity contribution in [1.29, 1.82) is 0 Å². The molecule has 86 valence electrons. The molecule has 0 aromatic rings. The number of rotatable bonds is 3. The van der Waals surface area contributed by atoms with Gasteiger partial charge in [0.1, 0.15) is 0 Å². The van der Waals surface area contributed by atoms with E-state index in [9.17, 15) is 4.79 Å². The molecule has 5 heteroatoms. The Morgan fingerprint density at radius 1 is 1.67 bits per heavy atom. The summed E-state index contributed by atoms with van der Waals surface area (Å²) < 4.78 is 5.31. The van der Waals surface area contributed by atoms with E-state index in [1.807, 2.05) is 11.8 Å². The molecule has 0 aromatic carbocycles. The smallest absolute Gasteiger partial charge is 0.224 e. The van der Waals surface area contributed by atoms with Gasteiger partial charge in [-0.05, 0) is 18.6 Å². The van der Waals surface area contributed by atoms with E-state index in [-0.39, 0.29) is 17.4 Å². The molecule has 2 aliphatic rings. The Kier molecular flexibility index (Phi) is 3.80. The molecule has 1 amide bonds. The third kappa shape index (κ3) is 2.60. The minimum Gasteiger partial charge on any atom is -0.379 e. The van der Waals surface area contributed by atoms with Crippen molar-refractivity contribution in [3.8, 4) is 0 Å². The van der Waals surface area contributed by atoms with Crippen LogP contribution in [-0.4, -0.2) is 42.0 Å². The minimum atomic E-state index is -0.300. The standard InChI is InChI=1S/C10H16ClNO2S/c11-6-10(2-3-14-7-10)12-9(13)8-1-4-15-5-8/h8H,1-7H2,(H,12,13). The maximum absolute atomic E-state index is 11.9. The van der Waals surface area contributed by atoms with Gasteiger partial charge in [0.05, 0.1) is 12.1 Å². The maximum Gasteiger partial charge on any atom is 0.224 e. The fraction of sp³-hybridized carbons (Fsp3) is 0.900. The highest BCUT2D eigenvalue weighted by molar-refractivity contribution is 7.99. The summed E-state index contributed by atoms with van der Waals surface area (Å²) in [7, 11) is 0. The van der Waals surface area contributed by atoms with Crippen LogP contribution in [0.15, 0.2) is 0 Å². The number of hydrogen-bond donors (Lipinski definition) is 1. The van der Waals surface area contributed by atoms with Crippen molar-refractivity contribution in [3.63, 3.8) is 0 Å². The number of ether oxygens (including phenoxy) is 1. The first-order chi connectivity index (χ1) is 7.26. The van der Waals surface area contributed by atoms with Gasteiger partial charge in [-0.1, -0.05) is 0 Å². The highest BCUT2D eigenvalue weighted by atomic mass is 35.5. The second-order valence-corrected chi connectivity index (χ2v) is 5.68. The topological polar surface area (TPSA) is 38.3 Å². The lowest BCUT2D eigenvalue weighted by molar-refractivity contribution is -0.126. The van der Waals surface area contributed by atoms with Crippen LogP contribution in [-0.2, 0) is 9.53 Å². The Bertz CT molecular complexity index is 238. The SMILES string of the molecule is O=C(NC1(CCl)CCOC1)C1CCSC1. The van der Waals surface area contributed by atoms with Crippen molar-refractivity contribution >= 4 is 29.3 Å². The van der Waals surface area contributed by atoms with Crippen LogP contribution in [0.5, 0.6) is 0 Å². The molecule has 15 heavy (non-hydrogen) atoms. The van der Waals surface area contributed by atoms with Gasteiger partial charge in [0.15, 0.2) is 0 Å². The highest BCUT2D eigenvalue weighted by Crippen LogP contribution is 2.26. The van der Waals surface area contributed by atoms with Crippen LogP contribution >= 0.6 is 23.4 Å². The van der Waals surface area contributed by atoms with E-state index >= 15 is 0 Å². The molecule has 0 spiro atoms. The summed E-state index contributed by atoms with van der Waals surface area (Å²) in [6.07, 6.45) is 1.83. The Morgan fingerprint density at radius 3 is 3.07 bits per heavy atom. The van der Waals surface area contributed by atoms with Crippen molar-refractivity contribution in [2.75, 3.05) is 30.6 Å². The van der Waals surface area contributed by atoms with Crippen molar-refractivity contribution in [1.82, 2.24) is 5.32 Å². The Labute approximate surface area is 99.3 Å². The van der Waals surface area contributed by atoms with E-state index in [1.54, 1.807) is 0 Å². The van der Waals surface area contributed by atoms with Crippen LogP contribution < -0.4 is 5.32 Å². The first-order valence-corrected chi connectivity index (χ1v) is 6.98. The molecule has 0 aliphatic carbocycles. The van der Waals surface area contributed by atoms with Crippen LogP contribution in [0, 0.1) is 5.92 Å². The summed E-state index contributed by atoms with van der Waals surface area (Å²) in [6.45, 7) is 1.26. The van der Waals surface area contributed by atoms with Crippen LogP contribution in [0.4, 0.5) is 0 Å². The largest absolute Gasteiger partial charge is 0.379 e. The zero-order valence-electron chi connectivity index (χ0n) is 8.63. The number of amides is 1. The summed E-state index contributed by atoms with van der Waals surface area (Å²) in [5.41, 5.74) is -0.300. The van der Waals surface area contributed by atoms with E-state index < -0.39 is 0 Å². The van der Waals surface area contributed by atoms with Crippen molar-refractivity contribution in [2.24, 2.45) is 5.92 Å². The van der Waals surface area contributed by atoms with Crippen LogP contribution in [0.1, 0.15) is 12.8 Å². The van der Waals surface area contributed by atoms with E-state index in [4.69, 9.17) is 16.3 Å². The maximum atomic E-state index is 11.9. The van der Waals surface area contributed by atoms with E-state index in [0.717, 1.165) is 24.3 Å². The molecule has 3 nitrogen and oxygen atoms in total. The number of hydrogen-bond acceptors (Lipinski definition) is 3. The first kappa shape index (κ1) is 11.6. The summed E-state index contributed by atoms with van der Waals surface area (Å²) in [5.74, 6) is 2.83. The lowest BCUT2D eigenvalue weighted by Gasteiger charge is -2.27. The van der Waals surface area contributed by atoms with E-state index in [0.29, 0.717) is 19.1 Å². The van der Waals surface area contributed by atoms with Gasteiger partial charge in [-0.15, -0.1) is 11.6 Å². The molecule has 0 saturated carbocycles. The molecule has 2 saturated heterocycles. The summed E-state index contributed by atoms with van der Waals surface area (Å²) in [5, 5.41) is 3.07. The Balaban J connectivity index is 1.91. The van der Waals surface area contributed by atoms with Gasteiger partial charge < -0.3 is 10.1 Å². The Hall–Kier alpha value is 0.0700. The van der Waals surface area contributed by atoms with Crippen LogP contribution in [0.3, 0.4) is 0 Å². The third-order valence-electron chi connectivity index (χ3n) is 3.05. The lowest BCUT2D eigenvalue weighted by atomic mass is 9.99. The number of nitrogens with one attached hydrogen (secondary N) is 1. The predicted octanol–water partition coefficient (Wildman–Crippen LogP) is 1.25. The molecule has 2 heterocycles. The molecule has 0 bridgehead atoms. The fourth-order valence-electron chi connectivity index (χ4n) is 1.95. The zero-order valence-corrected chi connectivity index (χ0v) is 10.2. The molecule has 2 aliphatic heterocycles. The van der Waals surface area contributed by atoms with E-state index in [1.165, 1.54) is 0 Å². The molecular weight excluding hydrogens is 234 g/mol. The van der Waals surface area contributed by atoms with Gasteiger partial charge in [-0.3, -0.25) is 4.79 Å². The second-order valence-electron chi connectivity index (χ2n) is 4.27. The molecule has 2 unspecified atom stereocenters. The van der Waals surface area contributed by atoms with Crippen molar-refractivity contribution < 1.29 is 9.53 Å². The van der Waals surface area contributed by atoms with Crippen LogP contribution in [0.2, 0.25) is 0 Å². The first-order valence-electron chi connectivity index (χ1n) is 5.29. The number of alkyl halides is 1. The molecule has 2 fully saturated rings. The normalized spacial score (nSPS) is 35.7. The summed E-state index contributed by atoms with van der Waals surface area (Å²) in [4.78, 5) is 11.9. The van der Waals surface area contributed by atoms with Gasteiger partial charge in [0.25, 0.3) is 0 Å².